The van der Waals surface area contributed by atoms with Crippen molar-refractivity contribution < 1.29 is 4.39 Å². The predicted octanol–water partition coefficient (Wildman–Crippen LogP) is 3.28. The summed E-state index contributed by atoms with van der Waals surface area (Å²) in [7, 11) is 2.04. The van der Waals surface area contributed by atoms with Crippen LogP contribution in [0.3, 0.4) is 0 Å². The second kappa shape index (κ2) is 7.01. The number of rotatable bonds is 6. The van der Waals surface area contributed by atoms with E-state index in [9.17, 15) is 4.39 Å². The molecule has 0 aliphatic rings. The van der Waals surface area contributed by atoms with Crippen molar-refractivity contribution in [3.8, 4) is 0 Å². The van der Waals surface area contributed by atoms with E-state index in [4.69, 9.17) is 0 Å². The molecule has 0 aliphatic heterocycles. The lowest BCUT2D eigenvalue weighted by molar-refractivity contribution is 0.318. The van der Waals surface area contributed by atoms with Crippen LogP contribution < -0.4 is 5.32 Å². The van der Waals surface area contributed by atoms with Crippen molar-refractivity contribution in [2.45, 2.75) is 20.0 Å². The van der Waals surface area contributed by atoms with Gasteiger partial charge in [-0.1, -0.05) is 18.2 Å². The predicted molar refractivity (Wildman–Crippen MR) is 80.0 cm³/mol. The van der Waals surface area contributed by atoms with Crippen LogP contribution in [0.15, 0.2) is 42.6 Å². The van der Waals surface area contributed by atoms with Crippen molar-refractivity contribution >= 4 is 5.82 Å². The third-order valence-electron chi connectivity index (χ3n) is 3.00. The van der Waals surface area contributed by atoms with Gasteiger partial charge < -0.3 is 5.32 Å². The maximum atomic E-state index is 12.8. The molecule has 1 N–H and O–H groups in total. The molecule has 0 bridgehead atoms. The van der Waals surface area contributed by atoms with Crippen molar-refractivity contribution in [3.63, 3.8) is 0 Å². The molecule has 1 heterocycles. The Bertz CT molecular complexity index is 522. The standard InChI is InChI=1S/C16H20FN3/c1-3-18-16-9-6-14(10-19-16)12-20(2)11-13-4-7-15(17)8-5-13/h4-10H,3,11-12H2,1-2H3,(H,18,19). The normalized spacial score (nSPS) is 10.8. The highest BCUT2D eigenvalue weighted by atomic mass is 19.1. The number of nitrogens with one attached hydrogen (secondary N) is 1. The molecule has 1 aromatic carbocycles. The molecule has 0 radical (unpaired) electrons. The highest BCUT2D eigenvalue weighted by Gasteiger charge is 2.03. The first-order valence-corrected chi connectivity index (χ1v) is 6.79. The van der Waals surface area contributed by atoms with Gasteiger partial charge in [-0.3, -0.25) is 4.90 Å². The quantitative estimate of drug-likeness (QED) is 0.875. The molecule has 0 saturated heterocycles. The maximum absolute atomic E-state index is 12.8. The van der Waals surface area contributed by atoms with E-state index in [0.717, 1.165) is 36.6 Å². The number of anilines is 1. The van der Waals surface area contributed by atoms with Gasteiger partial charge in [-0.05, 0) is 43.3 Å². The second-order valence-corrected chi connectivity index (χ2v) is 4.88. The van der Waals surface area contributed by atoms with Crippen molar-refractivity contribution in [3.05, 3.63) is 59.5 Å². The molecule has 3 nitrogen and oxygen atoms in total. The topological polar surface area (TPSA) is 28.2 Å². The Hall–Kier alpha value is -1.94. The van der Waals surface area contributed by atoms with Gasteiger partial charge >= 0.3 is 0 Å². The van der Waals surface area contributed by atoms with Crippen LogP contribution >= 0.6 is 0 Å². The van der Waals surface area contributed by atoms with Crippen LogP contribution in [0.4, 0.5) is 10.2 Å². The third-order valence-corrected chi connectivity index (χ3v) is 3.00. The van der Waals surface area contributed by atoms with Crippen molar-refractivity contribution in [2.75, 3.05) is 18.9 Å². The summed E-state index contributed by atoms with van der Waals surface area (Å²) >= 11 is 0. The summed E-state index contributed by atoms with van der Waals surface area (Å²) in [6, 6.07) is 10.7. The summed E-state index contributed by atoms with van der Waals surface area (Å²) in [6.07, 6.45) is 1.89. The summed E-state index contributed by atoms with van der Waals surface area (Å²) in [5, 5.41) is 3.17. The number of benzene rings is 1. The molecular weight excluding hydrogens is 253 g/mol. The largest absolute Gasteiger partial charge is 0.370 e. The SMILES string of the molecule is CCNc1ccc(CN(C)Cc2ccc(F)cc2)cn1. The Balaban J connectivity index is 1.90. The van der Waals surface area contributed by atoms with E-state index in [1.807, 2.05) is 38.4 Å². The van der Waals surface area contributed by atoms with Gasteiger partial charge in [0.15, 0.2) is 0 Å². The van der Waals surface area contributed by atoms with Gasteiger partial charge in [-0.15, -0.1) is 0 Å². The average Bonchev–Trinajstić information content (AvgIpc) is 2.44. The minimum absolute atomic E-state index is 0.195. The molecule has 20 heavy (non-hydrogen) atoms. The van der Waals surface area contributed by atoms with Crippen LogP contribution in [-0.4, -0.2) is 23.5 Å². The van der Waals surface area contributed by atoms with E-state index in [1.54, 1.807) is 0 Å². The molecule has 0 fully saturated rings. The Labute approximate surface area is 119 Å². The molecule has 106 valence electrons. The maximum Gasteiger partial charge on any atom is 0.125 e. The van der Waals surface area contributed by atoms with Gasteiger partial charge in [0.2, 0.25) is 0 Å². The number of pyridine rings is 1. The van der Waals surface area contributed by atoms with Gasteiger partial charge in [0.05, 0.1) is 0 Å². The van der Waals surface area contributed by atoms with E-state index in [2.05, 4.69) is 21.3 Å². The zero-order chi connectivity index (χ0) is 14.4. The first kappa shape index (κ1) is 14.5. The minimum atomic E-state index is -0.195. The van der Waals surface area contributed by atoms with Crippen molar-refractivity contribution in [1.82, 2.24) is 9.88 Å². The van der Waals surface area contributed by atoms with Gasteiger partial charge in [-0.2, -0.15) is 0 Å². The molecule has 0 saturated carbocycles. The van der Waals surface area contributed by atoms with Crippen LogP contribution in [0.1, 0.15) is 18.1 Å². The average molecular weight is 273 g/mol. The van der Waals surface area contributed by atoms with Crippen LogP contribution in [0.25, 0.3) is 0 Å². The fourth-order valence-electron chi connectivity index (χ4n) is 2.07. The zero-order valence-corrected chi connectivity index (χ0v) is 11.9. The Morgan fingerprint density at radius 1 is 1.05 bits per heavy atom. The number of aromatic nitrogens is 1. The van der Waals surface area contributed by atoms with E-state index in [1.165, 1.54) is 12.1 Å². The van der Waals surface area contributed by atoms with Gasteiger partial charge in [-0.25, -0.2) is 9.37 Å². The number of hydrogen-bond donors (Lipinski definition) is 1. The molecule has 2 aromatic rings. The molecule has 0 aliphatic carbocycles. The molecule has 4 heteroatoms. The molecule has 0 spiro atoms. The van der Waals surface area contributed by atoms with Gasteiger partial charge in [0, 0.05) is 25.8 Å². The van der Waals surface area contributed by atoms with E-state index < -0.39 is 0 Å². The summed E-state index contributed by atoms with van der Waals surface area (Å²) in [5.41, 5.74) is 2.27. The van der Waals surface area contributed by atoms with Crippen LogP contribution in [0.5, 0.6) is 0 Å². The first-order valence-electron chi connectivity index (χ1n) is 6.79. The lowest BCUT2D eigenvalue weighted by Gasteiger charge is -2.16. The molecule has 0 atom stereocenters. The van der Waals surface area contributed by atoms with Crippen molar-refractivity contribution in [2.24, 2.45) is 0 Å². The van der Waals surface area contributed by atoms with Crippen LogP contribution in [-0.2, 0) is 13.1 Å². The summed E-state index contributed by atoms with van der Waals surface area (Å²) in [6.45, 7) is 4.52. The molecular formula is C16H20FN3. The Kier molecular flexibility index (Phi) is 5.07. The monoisotopic (exact) mass is 273 g/mol. The lowest BCUT2D eigenvalue weighted by atomic mass is 10.2. The summed E-state index contributed by atoms with van der Waals surface area (Å²) < 4.78 is 12.8. The Morgan fingerprint density at radius 3 is 2.30 bits per heavy atom. The van der Waals surface area contributed by atoms with Crippen LogP contribution in [0.2, 0.25) is 0 Å². The highest BCUT2D eigenvalue weighted by Crippen LogP contribution is 2.10. The third kappa shape index (κ3) is 4.31. The fraction of sp³-hybridized carbons (Fsp3) is 0.312. The summed E-state index contributed by atoms with van der Waals surface area (Å²) in [4.78, 5) is 6.53. The lowest BCUT2D eigenvalue weighted by Crippen LogP contribution is -2.17. The smallest absolute Gasteiger partial charge is 0.125 e. The van der Waals surface area contributed by atoms with Crippen molar-refractivity contribution in [1.29, 1.82) is 0 Å². The second-order valence-electron chi connectivity index (χ2n) is 4.88. The number of halogens is 1. The zero-order valence-electron chi connectivity index (χ0n) is 11.9. The molecule has 0 unspecified atom stereocenters. The summed E-state index contributed by atoms with van der Waals surface area (Å²) in [5.74, 6) is 0.706. The fourth-order valence-corrected chi connectivity index (χ4v) is 2.07. The van der Waals surface area contributed by atoms with Gasteiger partial charge in [0.1, 0.15) is 11.6 Å². The van der Waals surface area contributed by atoms with Crippen LogP contribution in [0, 0.1) is 5.82 Å². The number of nitrogens with zero attached hydrogens (tertiary/aromatic N) is 2. The highest BCUT2D eigenvalue weighted by molar-refractivity contribution is 5.35. The first-order chi connectivity index (χ1) is 9.67. The number of hydrogen-bond acceptors (Lipinski definition) is 3. The molecule has 1 aromatic heterocycles. The van der Waals surface area contributed by atoms with E-state index >= 15 is 0 Å². The van der Waals surface area contributed by atoms with Gasteiger partial charge in [0.25, 0.3) is 0 Å². The minimum Gasteiger partial charge on any atom is -0.370 e. The molecule has 0 amide bonds. The molecule has 2 rings (SSSR count). The van der Waals surface area contributed by atoms with E-state index in [-0.39, 0.29) is 5.82 Å². The Morgan fingerprint density at radius 2 is 1.70 bits per heavy atom. The van der Waals surface area contributed by atoms with E-state index in [0.29, 0.717) is 0 Å².